The van der Waals surface area contributed by atoms with Crippen molar-refractivity contribution in [3.63, 3.8) is 0 Å². The lowest BCUT2D eigenvalue weighted by Gasteiger charge is -2.19. The van der Waals surface area contributed by atoms with Crippen molar-refractivity contribution < 1.29 is 38.4 Å². The Bertz CT molecular complexity index is 5240. The fourth-order valence-corrected chi connectivity index (χ4v) is 16.3. The first-order valence-electron chi connectivity index (χ1n) is 43.0. The maximum atomic E-state index is 12.7. The summed E-state index contributed by atoms with van der Waals surface area (Å²) in [6.45, 7) is 38.4. The molecule has 0 saturated heterocycles. The van der Waals surface area contributed by atoms with Crippen molar-refractivity contribution in [2.75, 3.05) is 79.5 Å². The molecule has 0 amide bonds. The topological polar surface area (TPSA) is 169 Å². The first-order valence-corrected chi connectivity index (χ1v) is 43.0. The first-order chi connectivity index (χ1) is 55.6. The second kappa shape index (κ2) is 44.4. The SMILES string of the molecule is C.C.C.C.CCC(=O)c1ccc2c(c1)c1cc(C(=O)CC)ccc1n2CCCN(C)C.CCC(=O)c1ccc2c(c1)c1cc(C(=O)CC)ccc1n2CCN(CC)CC.CCCC(=O)c1ccc2c(c1)c1cc(C(=O)CCC)ccc1n2CCN(CC)CC.CCN(CC)CCn1c2ccc(C(=O)C3CC3)cc2c2cc(C(=O)C3CC3)ccc21. The lowest BCUT2D eigenvalue weighted by atomic mass is 10.0. The second-order valence-corrected chi connectivity index (χ2v) is 31.4. The van der Waals surface area contributed by atoms with Gasteiger partial charge in [-0.1, -0.05) is 113 Å². The molecule has 2 saturated carbocycles. The Morgan fingerprint density at radius 2 is 0.479 bits per heavy atom. The van der Waals surface area contributed by atoms with Gasteiger partial charge in [0, 0.05) is 228 Å². The number of hydrogen-bond acceptors (Lipinski definition) is 12. The molecule has 638 valence electrons. The maximum Gasteiger partial charge on any atom is 0.165 e. The summed E-state index contributed by atoms with van der Waals surface area (Å²) < 4.78 is 9.34. The summed E-state index contributed by atoms with van der Waals surface area (Å²) in [7, 11) is 4.16. The van der Waals surface area contributed by atoms with Crippen molar-refractivity contribution in [3.05, 3.63) is 190 Å². The molecule has 16 heteroatoms. The van der Waals surface area contributed by atoms with Gasteiger partial charge in [-0.05, 0) is 250 Å². The van der Waals surface area contributed by atoms with Gasteiger partial charge in [-0.3, -0.25) is 38.4 Å². The van der Waals surface area contributed by atoms with Gasteiger partial charge in [0.2, 0.25) is 0 Å². The van der Waals surface area contributed by atoms with Crippen LogP contribution in [0, 0.1) is 11.8 Å². The molecule has 0 bridgehead atoms. The quantitative estimate of drug-likeness (QED) is 0.0338. The number of aromatic nitrogens is 4. The van der Waals surface area contributed by atoms with Crippen LogP contribution in [0.15, 0.2) is 146 Å². The van der Waals surface area contributed by atoms with Crippen molar-refractivity contribution >= 4 is 133 Å². The van der Waals surface area contributed by atoms with Gasteiger partial charge < -0.3 is 37.9 Å². The minimum Gasteiger partial charge on any atom is -0.340 e. The zero-order valence-electron chi connectivity index (χ0n) is 70.9. The van der Waals surface area contributed by atoms with E-state index in [0.29, 0.717) is 38.5 Å². The van der Waals surface area contributed by atoms with Crippen molar-refractivity contribution in [2.24, 2.45) is 11.8 Å². The van der Waals surface area contributed by atoms with Crippen LogP contribution in [0.3, 0.4) is 0 Å². The Morgan fingerprint density at radius 1 is 0.277 bits per heavy atom. The lowest BCUT2D eigenvalue weighted by Crippen LogP contribution is -2.26. The zero-order valence-corrected chi connectivity index (χ0v) is 70.9. The molecule has 0 radical (unpaired) electrons. The average molecular weight is 1620 g/mol. The number of fused-ring (bicyclic) bond motifs is 12. The van der Waals surface area contributed by atoms with Crippen LogP contribution in [0.5, 0.6) is 0 Å². The number of aryl methyl sites for hydroxylation is 1. The molecule has 2 aliphatic rings. The summed E-state index contributed by atoms with van der Waals surface area (Å²) in [6.07, 6.45) is 9.89. The number of hydrogen-bond donors (Lipinski definition) is 0. The van der Waals surface area contributed by atoms with Crippen LogP contribution in [0.25, 0.3) is 87.2 Å². The lowest BCUT2D eigenvalue weighted by molar-refractivity contribution is 0.0960. The van der Waals surface area contributed by atoms with Gasteiger partial charge in [-0.15, -0.1) is 0 Å². The minimum absolute atomic E-state index is 0. The molecule has 119 heavy (non-hydrogen) atoms. The second-order valence-electron chi connectivity index (χ2n) is 31.4. The molecule has 8 aromatic carbocycles. The van der Waals surface area contributed by atoms with Gasteiger partial charge in [0.05, 0.1) is 0 Å². The van der Waals surface area contributed by atoms with E-state index in [0.717, 1.165) is 268 Å². The van der Waals surface area contributed by atoms with Crippen LogP contribution in [0.1, 0.15) is 279 Å². The van der Waals surface area contributed by atoms with Crippen LogP contribution in [-0.4, -0.2) is 164 Å². The fourth-order valence-electron chi connectivity index (χ4n) is 16.3. The third kappa shape index (κ3) is 22.0. The Balaban J connectivity index is 0.000000217. The highest BCUT2D eigenvalue weighted by Gasteiger charge is 2.33. The average Bonchev–Trinajstić information content (AvgIpc) is 1.64. The summed E-state index contributed by atoms with van der Waals surface area (Å²) in [5, 5.41) is 8.55. The normalized spacial score (nSPS) is 12.5. The largest absolute Gasteiger partial charge is 0.340 e. The van der Waals surface area contributed by atoms with Gasteiger partial charge in [0.1, 0.15) is 0 Å². The van der Waals surface area contributed by atoms with E-state index in [-0.39, 0.29) is 87.8 Å². The van der Waals surface area contributed by atoms with Crippen LogP contribution < -0.4 is 0 Å². The molecule has 0 unspecified atom stereocenters. The number of rotatable bonds is 37. The molecule has 2 aliphatic carbocycles. The Labute approximate surface area is 709 Å². The first kappa shape index (κ1) is 96.3. The minimum atomic E-state index is 0. The number of likely N-dealkylation sites (N-methyl/N-ethyl adjacent to an activating group) is 3. The van der Waals surface area contributed by atoms with Crippen molar-refractivity contribution in [1.29, 1.82) is 0 Å². The summed E-state index contributed by atoms with van der Waals surface area (Å²) in [6, 6.07) is 48.4. The maximum absolute atomic E-state index is 12.7. The predicted molar refractivity (Wildman–Crippen MR) is 502 cm³/mol. The monoisotopic (exact) mass is 1620 g/mol. The van der Waals surface area contributed by atoms with Gasteiger partial charge in [-0.2, -0.15) is 0 Å². The fraction of sp³-hybridized carbons (Fsp3) is 0.456. The number of Topliss-reactive ketones (excluding diaryl/α,β-unsaturated/α-hetero) is 8. The van der Waals surface area contributed by atoms with Gasteiger partial charge in [0.15, 0.2) is 46.3 Å². The van der Waals surface area contributed by atoms with Gasteiger partial charge >= 0.3 is 0 Å². The van der Waals surface area contributed by atoms with E-state index in [1.165, 1.54) is 0 Å². The summed E-state index contributed by atoms with van der Waals surface area (Å²) in [4.78, 5) is 109. The van der Waals surface area contributed by atoms with Crippen molar-refractivity contribution in [3.8, 4) is 0 Å². The van der Waals surface area contributed by atoms with Gasteiger partial charge in [0.25, 0.3) is 0 Å². The molecule has 0 N–H and O–H groups in total. The molecular formula is C103H138N8O8. The molecule has 0 spiro atoms. The molecule has 14 rings (SSSR count). The number of carbonyl (C=O) groups is 8. The zero-order chi connectivity index (χ0) is 82.3. The smallest absolute Gasteiger partial charge is 0.165 e. The molecule has 2 fully saturated rings. The standard InChI is InChI=1S/C26H30N2O2.C26H34N2O2.C24H30N2O2.C23H28N2O2.4CH4/c1-3-27(4-2)13-14-28-23-11-9-19(25(29)17-5-6-17)15-21(23)22-16-20(10-12-24(22)28)26(30)18-7-8-18;1-5-9-25(29)19-11-13-23-21(17-19)22-18-20(26(30)10-6-2)12-14-24(22)28(23)16-15-27(7-3)8-4;1-5-23(27)17-9-11-21-19(15-17)20-16-18(24(28)6-2)10-12-22(20)26(21)14-13-25(7-3)8-4;1-5-22(26)16-8-10-20-18(14-16)19-15-17(23(27)6-2)9-11-21(19)25(20)13-7-12-24(3)4;;;;/h9-12,15-18H,3-8,13-14H2,1-2H3;11-14,17-18H,5-10,15-16H2,1-4H3;9-12,15-16H,5-8,13-14H2,1-4H3;8-11,14-15H,5-7,12-13H2,1-4H3;4*1H4. The van der Waals surface area contributed by atoms with E-state index in [1.54, 1.807) is 0 Å². The number of nitrogens with zero attached hydrogens (tertiary/aromatic N) is 8. The number of benzene rings is 8. The van der Waals surface area contributed by atoms with Crippen LogP contribution in [0.4, 0.5) is 0 Å². The third-order valence-corrected chi connectivity index (χ3v) is 23.7. The van der Waals surface area contributed by atoms with E-state index in [9.17, 15) is 38.4 Å². The summed E-state index contributed by atoms with van der Waals surface area (Å²) >= 11 is 0. The molecule has 4 aromatic heterocycles. The summed E-state index contributed by atoms with van der Waals surface area (Å²) in [5.74, 6) is 1.91. The van der Waals surface area contributed by atoms with Crippen LogP contribution >= 0.6 is 0 Å². The number of carbonyl (C=O) groups excluding carboxylic acids is 8. The van der Waals surface area contributed by atoms with E-state index >= 15 is 0 Å². The highest BCUT2D eigenvalue weighted by Crippen LogP contribution is 2.40. The highest BCUT2D eigenvalue weighted by molar-refractivity contribution is 6.17. The Hall–Kier alpha value is -9.84. The molecule has 4 heterocycles. The van der Waals surface area contributed by atoms with Crippen molar-refractivity contribution in [2.45, 2.75) is 222 Å². The predicted octanol–water partition coefficient (Wildman–Crippen LogP) is 24.2. The Kier molecular flexibility index (Phi) is 36.0. The molecule has 16 nitrogen and oxygen atoms in total. The van der Waals surface area contributed by atoms with E-state index in [1.807, 2.05) is 126 Å². The van der Waals surface area contributed by atoms with Crippen LogP contribution in [0.2, 0.25) is 0 Å². The highest BCUT2D eigenvalue weighted by atomic mass is 16.2. The molecular weight excluding hydrogens is 1480 g/mol. The molecule has 0 atom stereocenters. The molecule has 12 aromatic rings. The van der Waals surface area contributed by atoms with E-state index in [2.05, 4.69) is 154 Å². The van der Waals surface area contributed by atoms with Crippen LogP contribution in [-0.2, 0) is 26.2 Å². The van der Waals surface area contributed by atoms with E-state index in [4.69, 9.17) is 0 Å². The molecule has 0 aliphatic heterocycles. The third-order valence-electron chi connectivity index (χ3n) is 23.7. The van der Waals surface area contributed by atoms with Gasteiger partial charge in [-0.25, -0.2) is 0 Å². The van der Waals surface area contributed by atoms with E-state index < -0.39 is 0 Å². The van der Waals surface area contributed by atoms with Crippen molar-refractivity contribution in [1.82, 2.24) is 37.9 Å². The Morgan fingerprint density at radius 3 is 0.672 bits per heavy atom. The number of ketones is 8. The summed E-state index contributed by atoms with van der Waals surface area (Å²) in [5.41, 5.74) is 15.2.